The van der Waals surface area contributed by atoms with Gasteiger partial charge in [-0.15, -0.1) is 11.3 Å². The zero-order valence-corrected chi connectivity index (χ0v) is 9.98. The van der Waals surface area contributed by atoms with E-state index in [0.717, 1.165) is 5.01 Å². The molecule has 0 saturated carbocycles. The van der Waals surface area contributed by atoms with Gasteiger partial charge >= 0.3 is 0 Å². The molecule has 80 valence electrons. The van der Waals surface area contributed by atoms with E-state index in [0.29, 0.717) is 6.54 Å². The lowest BCUT2D eigenvalue weighted by Gasteiger charge is -2.38. The van der Waals surface area contributed by atoms with E-state index < -0.39 is 5.60 Å². The molecule has 4 heteroatoms. The van der Waals surface area contributed by atoms with Gasteiger partial charge in [0.2, 0.25) is 0 Å². The van der Waals surface area contributed by atoms with Crippen molar-refractivity contribution in [2.75, 3.05) is 0 Å². The first-order chi connectivity index (χ1) is 6.33. The topological polar surface area (TPSA) is 45.1 Å². The van der Waals surface area contributed by atoms with Crippen molar-refractivity contribution in [1.82, 2.24) is 10.3 Å². The fraction of sp³-hybridized carbons (Fsp3) is 0.700. The van der Waals surface area contributed by atoms with E-state index in [-0.39, 0.29) is 5.54 Å². The fourth-order valence-electron chi connectivity index (χ4n) is 0.853. The van der Waals surface area contributed by atoms with E-state index in [9.17, 15) is 5.11 Å². The Labute approximate surface area is 89.2 Å². The van der Waals surface area contributed by atoms with Crippen LogP contribution in [0.4, 0.5) is 0 Å². The molecule has 3 nitrogen and oxygen atoms in total. The summed E-state index contributed by atoms with van der Waals surface area (Å²) in [4.78, 5) is 4.18. The summed E-state index contributed by atoms with van der Waals surface area (Å²) >= 11 is 1.62. The van der Waals surface area contributed by atoms with Gasteiger partial charge in [-0.1, -0.05) is 0 Å². The average Bonchev–Trinajstić information content (AvgIpc) is 2.50. The quantitative estimate of drug-likeness (QED) is 0.803. The number of nitrogens with one attached hydrogen (secondary N) is 1. The summed E-state index contributed by atoms with van der Waals surface area (Å²) in [6, 6.07) is 0. The van der Waals surface area contributed by atoms with Crippen LogP contribution < -0.4 is 5.32 Å². The van der Waals surface area contributed by atoms with Crippen molar-refractivity contribution >= 4 is 11.3 Å². The molecule has 1 aromatic rings. The third kappa shape index (κ3) is 2.77. The largest absolute Gasteiger partial charge is 0.389 e. The van der Waals surface area contributed by atoms with Crippen molar-refractivity contribution in [3.05, 3.63) is 16.6 Å². The molecule has 1 heterocycles. The fourth-order valence-corrected chi connectivity index (χ4v) is 1.41. The summed E-state index contributed by atoms with van der Waals surface area (Å²) in [6.45, 7) is 8.29. The monoisotopic (exact) mass is 214 g/mol. The first kappa shape index (κ1) is 11.6. The van der Waals surface area contributed by atoms with Gasteiger partial charge < -0.3 is 10.4 Å². The van der Waals surface area contributed by atoms with Crippen LogP contribution in [0.25, 0.3) is 0 Å². The Morgan fingerprint density at radius 3 is 2.50 bits per heavy atom. The van der Waals surface area contributed by atoms with E-state index in [4.69, 9.17) is 0 Å². The molecule has 0 radical (unpaired) electrons. The summed E-state index contributed by atoms with van der Waals surface area (Å²) in [5, 5.41) is 16.2. The number of aliphatic hydroxyl groups is 1. The average molecular weight is 214 g/mol. The van der Waals surface area contributed by atoms with Crippen LogP contribution in [0.15, 0.2) is 11.6 Å². The number of rotatable bonds is 4. The number of aromatic nitrogens is 1. The van der Waals surface area contributed by atoms with Gasteiger partial charge in [0.1, 0.15) is 5.01 Å². The zero-order chi connectivity index (χ0) is 10.8. The maximum atomic E-state index is 9.89. The minimum absolute atomic E-state index is 0.321. The minimum atomic E-state index is -0.746. The second-order valence-electron chi connectivity index (χ2n) is 4.46. The molecule has 0 atom stereocenters. The lowest BCUT2D eigenvalue weighted by molar-refractivity contribution is -0.00532. The second-order valence-corrected chi connectivity index (χ2v) is 5.44. The Morgan fingerprint density at radius 2 is 2.07 bits per heavy atom. The van der Waals surface area contributed by atoms with Gasteiger partial charge in [0.05, 0.1) is 5.60 Å². The van der Waals surface area contributed by atoms with Crippen molar-refractivity contribution in [2.45, 2.75) is 45.4 Å². The number of nitrogens with zero attached hydrogens (tertiary/aromatic N) is 1. The highest BCUT2D eigenvalue weighted by Gasteiger charge is 2.34. The predicted molar refractivity (Wildman–Crippen MR) is 59.3 cm³/mol. The van der Waals surface area contributed by atoms with Crippen molar-refractivity contribution < 1.29 is 5.11 Å². The third-order valence-corrected chi connectivity index (χ3v) is 3.47. The lowest BCUT2D eigenvalue weighted by atomic mass is 9.86. The molecule has 1 rings (SSSR count). The van der Waals surface area contributed by atoms with Gasteiger partial charge in [-0.05, 0) is 27.7 Å². The smallest absolute Gasteiger partial charge is 0.106 e. The molecule has 0 bridgehead atoms. The van der Waals surface area contributed by atoms with Crippen molar-refractivity contribution in [3.8, 4) is 0 Å². The Morgan fingerprint density at radius 1 is 1.43 bits per heavy atom. The standard InChI is InChI=1S/C10H18N2OS/c1-9(2,10(3,4)13)12-7-8-11-5-6-14-8/h5-6,12-13H,7H2,1-4H3. The van der Waals surface area contributed by atoms with E-state index >= 15 is 0 Å². The maximum absolute atomic E-state index is 9.89. The Balaban J connectivity index is 2.53. The van der Waals surface area contributed by atoms with E-state index in [1.807, 2.05) is 33.1 Å². The van der Waals surface area contributed by atoms with Crippen LogP contribution in [-0.4, -0.2) is 21.2 Å². The van der Waals surface area contributed by atoms with Gasteiger partial charge in [-0.3, -0.25) is 0 Å². The molecule has 0 unspecified atom stereocenters. The summed E-state index contributed by atoms with van der Waals surface area (Å²) < 4.78 is 0. The lowest BCUT2D eigenvalue weighted by Crippen LogP contribution is -2.55. The normalized spacial score (nSPS) is 13.2. The molecule has 0 aliphatic carbocycles. The van der Waals surface area contributed by atoms with Crippen LogP contribution in [0, 0.1) is 0 Å². The molecule has 0 aliphatic rings. The molecule has 14 heavy (non-hydrogen) atoms. The van der Waals surface area contributed by atoms with Crippen LogP contribution in [0.2, 0.25) is 0 Å². The predicted octanol–water partition coefficient (Wildman–Crippen LogP) is 1.78. The Hall–Kier alpha value is -0.450. The maximum Gasteiger partial charge on any atom is 0.106 e. The van der Waals surface area contributed by atoms with Crippen LogP contribution in [-0.2, 0) is 6.54 Å². The van der Waals surface area contributed by atoms with Crippen LogP contribution in [0.3, 0.4) is 0 Å². The number of hydrogen-bond donors (Lipinski definition) is 2. The summed E-state index contributed by atoms with van der Waals surface area (Å²) in [6.07, 6.45) is 1.79. The van der Waals surface area contributed by atoms with Gasteiger partial charge in [0.25, 0.3) is 0 Å². The van der Waals surface area contributed by atoms with Crippen LogP contribution in [0.5, 0.6) is 0 Å². The molecule has 0 aromatic carbocycles. The number of hydrogen-bond acceptors (Lipinski definition) is 4. The molecule has 0 fully saturated rings. The van der Waals surface area contributed by atoms with E-state index in [2.05, 4.69) is 10.3 Å². The van der Waals surface area contributed by atoms with Gasteiger partial charge in [0, 0.05) is 23.7 Å². The van der Waals surface area contributed by atoms with Crippen molar-refractivity contribution in [2.24, 2.45) is 0 Å². The molecule has 1 aromatic heterocycles. The summed E-state index contributed by atoms with van der Waals surface area (Å²) in [5.74, 6) is 0. The molecule has 0 amide bonds. The third-order valence-electron chi connectivity index (χ3n) is 2.69. The Bertz CT molecular complexity index is 275. The van der Waals surface area contributed by atoms with E-state index in [1.54, 1.807) is 17.5 Å². The number of thiazole rings is 1. The van der Waals surface area contributed by atoms with E-state index in [1.165, 1.54) is 0 Å². The van der Waals surface area contributed by atoms with Gasteiger partial charge in [0.15, 0.2) is 0 Å². The molecular formula is C10H18N2OS. The highest BCUT2D eigenvalue weighted by atomic mass is 32.1. The molecular weight excluding hydrogens is 196 g/mol. The zero-order valence-electron chi connectivity index (χ0n) is 9.16. The van der Waals surface area contributed by atoms with Gasteiger partial charge in [-0.25, -0.2) is 4.98 Å². The van der Waals surface area contributed by atoms with Gasteiger partial charge in [-0.2, -0.15) is 0 Å². The molecule has 0 aliphatic heterocycles. The summed E-state index contributed by atoms with van der Waals surface area (Å²) in [7, 11) is 0. The highest BCUT2D eigenvalue weighted by Crippen LogP contribution is 2.21. The molecule has 0 spiro atoms. The second kappa shape index (κ2) is 3.96. The highest BCUT2D eigenvalue weighted by molar-refractivity contribution is 7.09. The Kier molecular flexibility index (Phi) is 3.29. The van der Waals surface area contributed by atoms with Crippen molar-refractivity contribution in [1.29, 1.82) is 0 Å². The molecule has 0 saturated heterocycles. The summed E-state index contributed by atoms with van der Waals surface area (Å²) in [5.41, 5.74) is -1.07. The SMILES string of the molecule is CC(C)(O)C(C)(C)NCc1nccs1. The first-order valence-electron chi connectivity index (χ1n) is 4.69. The molecule has 2 N–H and O–H groups in total. The van der Waals surface area contributed by atoms with Crippen molar-refractivity contribution in [3.63, 3.8) is 0 Å². The van der Waals surface area contributed by atoms with Crippen LogP contribution >= 0.6 is 11.3 Å². The first-order valence-corrected chi connectivity index (χ1v) is 5.57. The van der Waals surface area contributed by atoms with Crippen LogP contribution in [0.1, 0.15) is 32.7 Å². The minimum Gasteiger partial charge on any atom is -0.389 e.